The molecule has 0 radical (unpaired) electrons. The first kappa shape index (κ1) is 15.5. The molecule has 122 valence electrons. The summed E-state index contributed by atoms with van der Waals surface area (Å²) in [5.74, 6) is 0.316. The number of likely N-dealkylation sites (N-methyl/N-ethyl adjacent to an activating group) is 1. The van der Waals surface area contributed by atoms with Crippen LogP contribution in [0.5, 0.6) is 0 Å². The van der Waals surface area contributed by atoms with Crippen LogP contribution in [0.4, 0.5) is 0 Å². The molecule has 2 heterocycles. The second-order valence-corrected chi connectivity index (χ2v) is 6.52. The number of ether oxygens (including phenoxy) is 1. The van der Waals surface area contributed by atoms with Crippen molar-refractivity contribution in [1.29, 1.82) is 0 Å². The summed E-state index contributed by atoms with van der Waals surface area (Å²) in [6.07, 6.45) is 5.28. The Labute approximate surface area is 131 Å². The molecule has 22 heavy (non-hydrogen) atoms. The fourth-order valence-corrected chi connectivity index (χ4v) is 3.13. The number of carbonyl (C=O) groups excluding carboxylic acids is 1. The van der Waals surface area contributed by atoms with Crippen LogP contribution in [0, 0.1) is 12.8 Å². The molecule has 3 rings (SSSR count). The van der Waals surface area contributed by atoms with Crippen molar-refractivity contribution in [2.45, 2.75) is 44.8 Å². The average Bonchev–Trinajstić information content (AvgIpc) is 3.30. The van der Waals surface area contributed by atoms with Crippen LogP contribution in [0.1, 0.15) is 47.8 Å². The fraction of sp³-hybridized carbons (Fsp3) is 0.750. The number of hydrogen-bond donors (Lipinski definition) is 1. The highest BCUT2D eigenvalue weighted by atomic mass is 16.5. The van der Waals surface area contributed by atoms with Gasteiger partial charge in [-0.25, -0.2) is 0 Å². The lowest BCUT2D eigenvalue weighted by Gasteiger charge is -2.24. The van der Waals surface area contributed by atoms with E-state index in [0.717, 1.165) is 44.6 Å². The SMILES string of the molecule is Cc1c(C(=O)N(C)CC(O)C2CC2)cnn1C1CCOCC1. The van der Waals surface area contributed by atoms with Crippen LogP contribution < -0.4 is 0 Å². The number of hydrogen-bond acceptors (Lipinski definition) is 4. The average molecular weight is 307 g/mol. The third-order valence-corrected chi connectivity index (χ3v) is 4.79. The van der Waals surface area contributed by atoms with Gasteiger partial charge in [-0.2, -0.15) is 5.10 Å². The lowest BCUT2D eigenvalue weighted by molar-refractivity contribution is 0.0636. The Morgan fingerprint density at radius 2 is 2.14 bits per heavy atom. The molecule has 1 N–H and O–H groups in total. The van der Waals surface area contributed by atoms with E-state index < -0.39 is 6.10 Å². The van der Waals surface area contributed by atoms with E-state index in [4.69, 9.17) is 4.74 Å². The monoisotopic (exact) mass is 307 g/mol. The second-order valence-electron chi connectivity index (χ2n) is 6.52. The third-order valence-electron chi connectivity index (χ3n) is 4.79. The fourth-order valence-electron chi connectivity index (χ4n) is 3.13. The van der Waals surface area contributed by atoms with Gasteiger partial charge in [0.1, 0.15) is 0 Å². The number of aromatic nitrogens is 2. The molecule has 1 aliphatic carbocycles. The van der Waals surface area contributed by atoms with Crippen LogP contribution in [0.2, 0.25) is 0 Å². The molecular weight excluding hydrogens is 282 g/mol. The summed E-state index contributed by atoms with van der Waals surface area (Å²) < 4.78 is 7.34. The summed E-state index contributed by atoms with van der Waals surface area (Å²) in [5, 5.41) is 14.4. The van der Waals surface area contributed by atoms with E-state index in [1.165, 1.54) is 0 Å². The Morgan fingerprint density at radius 1 is 1.45 bits per heavy atom. The van der Waals surface area contributed by atoms with Crippen LogP contribution in [0.3, 0.4) is 0 Å². The molecule has 2 aliphatic rings. The molecule has 6 heteroatoms. The van der Waals surface area contributed by atoms with Crippen molar-refractivity contribution < 1.29 is 14.6 Å². The smallest absolute Gasteiger partial charge is 0.257 e. The summed E-state index contributed by atoms with van der Waals surface area (Å²) in [7, 11) is 1.75. The zero-order valence-electron chi connectivity index (χ0n) is 13.4. The van der Waals surface area contributed by atoms with Gasteiger partial charge < -0.3 is 14.7 Å². The maximum absolute atomic E-state index is 12.6. The first-order valence-corrected chi connectivity index (χ1v) is 8.13. The second kappa shape index (κ2) is 6.38. The molecular formula is C16H25N3O3. The van der Waals surface area contributed by atoms with E-state index in [0.29, 0.717) is 24.1 Å². The Hall–Kier alpha value is -1.40. The Morgan fingerprint density at radius 3 is 2.77 bits per heavy atom. The van der Waals surface area contributed by atoms with Gasteiger partial charge in [0, 0.05) is 32.5 Å². The molecule has 1 saturated heterocycles. The van der Waals surface area contributed by atoms with E-state index in [9.17, 15) is 9.90 Å². The van der Waals surface area contributed by atoms with E-state index in [1.807, 2.05) is 11.6 Å². The summed E-state index contributed by atoms with van der Waals surface area (Å²) in [6.45, 7) is 3.84. The van der Waals surface area contributed by atoms with Gasteiger partial charge in [0.25, 0.3) is 5.91 Å². The molecule has 1 aliphatic heterocycles. The number of carbonyl (C=O) groups is 1. The predicted molar refractivity (Wildman–Crippen MR) is 81.7 cm³/mol. The van der Waals surface area contributed by atoms with Crippen molar-refractivity contribution in [1.82, 2.24) is 14.7 Å². The van der Waals surface area contributed by atoms with E-state index in [-0.39, 0.29) is 5.91 Å². The van der Waals surface area contributed by atoms with Gasteiger partial charge in [0.2, 0.25) is 0 Å². The molecule has 1 saturated carbocycles. The maximum atomic E-state index is 12.6. The summed E-state index contributed by atoms with van der Waals surface area (Å²) in [4.78, 5) is 14.2. The zero-order valence-corrected chi connectivity index (χ0v) is 13.4. The number of aliphatic hydroxyl groups is 1. The highest BCUT2D eigenvalue weighted by Gasteiger charge is 2.32. The van der Waals surface area contributed by atoms with Gasteiger partial charge in [0.05, 0.1) is 23.9 Å². The summed E-state index contributed by atoms with van der Waals surface area (Å²) >= 11 is 0. The van der Waals surface area contributed by atoms with E-state index in [2.05, 4.69) is 5.10 Å². The molecule has 0 spiro atoms. The van der Waals surface area contributed by atoms with Gasteiger partial charge in [-0.05, 0) is 38.5 Å². The molecule has 0 aromatic carbocycles. The van der Waals surface area contributed by atoms with E-state index in [1.54, 1.807) is 18.1 Å². The summed E-state index contributed by atoms with van der Waals surface area (Å²) in [5.41, 5.74) is 1.54. The highest BCUT2D eigenvalue weighted by Crippen LogP contribution is 2.33. The van der Waals surface area contributed by atoms with Gasteiger partial charge in [-0.1, -0.05) is 0 Å². The highest BCUT2D eigenvalue weighted by molar-refractivity contribution is 5.94. The predicted octanol–water partition coefficient (Wildman–Crippen LogP) is 1.39. The molecule has 1 aromatic rings. The van der Waals surface area contributed by atoms with Crippen molar-refractivity contribution in [2.75, 3.05) is 26.8 Å². The zero-order chi connectivity index (χ0) is 15.7. The molecule has 1 atom stereocenters. The minimum atomic E-state index is -0.403. The minimum absolute atomic E-state index is 0.0597. The standard InChI is InChI=1S/C16H25N3O3/c1-11-14(9-17-19(11)13-5-7-22-8-6-13)16(21)18(2)10-15(20)12-3-4-12/h9,12-13,15,20H,3-8,10H2,1-2H3. The van der Waals surface area contributed by atoms with Crippen LogP contribution >= 0.6 is 0 Å². The molecule has 1 amide bonds. The van der Waals surface area contributed by atoms with Crippen LogP contribution in [0.25, 0.3) is 0 Å². The number of rotatable bonds is 5. The van der Waals surface area contributed by atoms with Crippen molar-refractivity contribution in [2.24, 2.45) is 5.92 Å². The van der Waals surface area contributed by atoms with Gasteiger partial charge >= 0.3 is 0 Å². The molecule has 0 bridgehead atoms. The summed E-state index contributed by atoms with van der Waals surface area (Å²) in [6, 6.07) is 0.317. The molecule has 2 fully saturated rings. The van der Waals surface area contributed by atoms with Crippen LogP contribution in [-0.2, 0) is 4.74 Å². The quantitative estimate of drug-likeness (QED) is 0.892. The Kier molecular flexibility index (Phi) is 4.49. The minimum Gasteiger partial charge on any atom is -0.391 e. The first-order valence-electron chi connectivity index (χ1n) is 8.13. The van der Waals surface area contributed by atoms with Crippen LogP contribution in [0.15, 0.2) is 6.20 Å². The maximum Gasteiger partial charge on any atom is 0.257 e. The lowest BCUT2D eigenvalue weighted by atomic mass is 10.1. The van der Waals surface area contributed by atoms with Crippen molar-refractivity contribution >= 4 is 5.91 Å². The van der Waals surface area contributed by atoms with Crippen molar-refractivity contribution in [3.8, 4) is 0 Å². The number of nitrogens with zero attached hydrogens (tertiary/aromatic N) is 3. The van der Waals surface area contributed by atoms with Gasteiger partial charge in [0.15, 0.2) is 0 Å². The normalized spacial score (nSPS) is 20.9. The van der Waals surface area contributed by atoms with Gasteiger partial charge in [-0.15, -0.1) is 0 Å². The Balaban J connectivity index is 1.68. The number of aliphatic hydroxyl groups excluding tert-OH is 1. The van der Waals surface area contributed by atoms with Gasteiger partial charge in [-0.3, -0.25) is 9.48 Å². The largest absolute Gasteiger partial charge is 0.391 e. The molecule has 1 unspecified atom stereocenters. The topological polar surface area (TPSA) is 67.6 Å². The van der Waals surface area contributed by atoms with Crippen molar-refractivity contribution in [3.05, 3.63) is 17.5 Å². The van der Waals surface area contributed by atoms with Crippen LogP contribution in [-0.4, -0.2) is 58.6 Å². The third kappa shape index (κ3) is 3.17. The number of amides is 1. The first-order chi connectivity index (χ1) is 10.6. The lowest BCUT2D eigenvalue weighted by Crippen LogP contribution is -2.35. The molecule has 6 nitrogen and oxygen atoms in total. The van der Waals surface area contributed by atoms with Crippen molar-refractivity contribution in [3.63, 3.8) is 0 Å². The molecule has 1 aromatic heterocycles. The Bertz CT molecular complexity index is 533. The van der Waals surface area contributed by atoms with E-state index >= 15 is 0 Å².